The van der Waals surface area contributed by atoms with Crippen molar-refractivity contribution in [1.29, 1.82) is 0 Å². The summed E-state index contributed by atoms with van der Waals surface area (Å²) in [4.78, 5) is 19.0. The van der Waals surface area contributed by atoms with Crippen molar-refractivity contribution in [1.82, 2.24) is 20.3 Å². The molecule has 1 aliphatic rings. The van der Waals surface area contributed by atoms with Gasteiger partial charge < -0.3 is 20.1 Å². The number of hydrogen-bond acceptors (Lipinski definition) is 6. The molecule has 0 aromatic carbocycles. The summed E-state index contributed by atoms with van der Waals surface area (Å²) in [6, 6.07) is -0.302. The Labute approximate surface area is 204 Å². The molecule has 1 saturated heterocycles. The molecule has 1 aliphatic heterocycles. The maximum atomic E-state index is 12.8. The highest BCUT2D eigenvalue weighted by Gasteiger charge is 2.49. The van der Waals surface area contributed by atoms with Crippen LogP contribution in [0, 0.1) is 0 Å². The molecule has 31 heavy (non-hydrogen) atoms. The number of hydrogen-bond donors (Lipinski definition) is 3. The molecule has 2 atom stereocenters. The summed E-state index contributed by atoms with van der Waals surface area (Å²) in [7, 11) is -3.23. The lowest BCUT2D eigenvalue weighted by atomic mass is 10.1. The molecule has 1 heterocycles. The van der Waals surface area contributed by atoms with Crippen molar-refractivity contribution in [2.45, 2.75) is 78.9 Å². The summed E-state index contributed by atoms with van der Waals surface area (Å²) in [5, 5.41) is 6.22. The van der Waals surface area contributed by atoms with Crippen LogP contribution in [0.5, 0.6) is 0 Å². The summed E-state index contributed by atoms with van der Waals surface area (Å²) in [5.74, 6) is 0.575. The van der Waals surface area contributed by atoms with Crippen molar-refractivity contribution in [3.63, 3.8) is 0 Å². The number of ether oxygens (including phenoxy) is 2. The molecule has 12 heteroatoms. The fraction of sp³-hybridized carbons (Fsp3) is 0.895. The molecule has 0 spiro atoms. The zero-order valence-corrected chi connectivity index (χ0v) is 23.1. The third kappa shape index (κ3) is 10.1. The van der Waals surface area contributed by atoms with Crippen LogP contribution in [0.15, 0.2) is 4.99 Å². The van der Waals surface area contributed by atoms with E-state index in [1.165, 1.54) is 0 Å². The molecule has 1 fully saturated rings. The van der Waals surface area contributed by atoms with Crippen molar-refractivity contribution in [2.75, 3.05) is 31.9 Å². The number of sulfonamides is 1. The number of carbonyl (C=O) groups is 1. The number of nitrogens with zero attached hydrogens (tertiary/aromatic N) is 2. The number of nitrogens with one attached hydrogen (secondary N) is 3. The van der Waals surface area contributed by atoms with Crippen LogP contribution in [0.4, 0.5) is 4.79 Å². The third-order valence-electron chi connectivity index (χ3n) is 4.42. The number of amides is 1. The van der Waals surface area contributed by atoms with Gasteiger partial charge in [-0.15, -0.1) is 24.0 Å². The topological polar surface area (TPSA) is 121 Å². The van der Waals surface area contributed by atoms with Gasteiger partial charge >= 0.3 is 6.09 Å². The molecule has 1 rings (SSSR count). The van der Waals surface area contributed by atoms with E-state index in [0.29, 0.717) is 25.6 Å². The largest absolute Gasteiger partial charge is 0.444 e. The van der Waals surface area contributed by atoms with E-state index in [9.17, 15) is 13.2 Å². The smallest absolute Gasteiger partial charge is 0.412 e. The Kier molecular flexibility index (Phi) is 12.1. The number of rotatable bonds is 8. The Bertz CT molecular complexity index is 709. The number of halogens is 1. The van der Waals surface area contributed by atoms with Crippen molar-refractivity contribution in [3.05, 3.63) is 0 Å². The lowest BCUT2D eigenvalue weighted by molar-refractivity contribution is -0.0755. The van der Waals surface area contributed by atoms with E-state index in [1.54, 1.807) is 11.8 Å². The van der Waals surface area contributed by atoms with Crippen LogP contribution in [-0.4, -0.2) is 80.8 Å². The van der Waals surface area contributed by atoms with Crippen molar-refractivity contribution < 1.29 is 22.7 Å². The van der Waals surface area contributed by atoms with Crippen molar-refractivity contribution in [3.8, 4) is 0 Å². The zero-order valence-electron chi connectivity index (χ0n) is 19.9. The monoisotopic (exact) mass is 577 g/mol. The number of guanidine groups is 1. The molecule has 10 nitrogen and oxygen atoms in total. The molecule has 0 saturated carbocycles. The molecular weight excluding hydrogens is 537 g/mol. The van der Waals surface area contributed by atoms with Crippen LogP contribution >= 0.6 is 24.0 Å². The molecule has 0 bridgehead atoms. The molecule has 184 valence electrons. The van der Waals surface area contributed by atoms with Gasteiger partial charge in [0.25, 0.3) is 0 Å². The first-order valence-corrected chi connectivity index (χ1v) is 12.1. The predicted octanol–water partition coefficient (Wildman–Crippen LogP) is 1.86. The Hall–Kier alpha value is -0.860. The quantitative estimate of drug-likeness (QED) is 0.174. The van der Waals surface area contributed by atoms with E-state index in [-0.39, 0.29) is 48.4 Å². The van der Waals surface area contributed by atoms with E-state index in [1.807, 2.05) is 48.5 Å². The average Bonchev–Trinajstić information content (AvgIpc) is 2.82. The molecule has 0 aliphatic carbocycles. The predicted molar refractivity (Wildman–Crippen MR) is 133 cm³/mol. The molecule has 0 aromatic heterocycles. The Morgan fingerprint density at radius 1 is 1.19 bits per heavy atom. The van der Waals surface area contributed by atoms with Gasteiger partial charge in [0.05, 0.1) is 24.4 Å². The van der Waals surface area contributed by atoms with Crippen LogP contribution in [0.25, 0.3) is 0 Å². The minimum atomic E-state index is -3.23. The highest BCUT2D eigenvalue weighted by Crippen LogP contribution is 2.33. The van der Waals surface area contributed by atoms with Crippen LogP contribution in [0.3, 0.4) is 0 Å². The number of carbonyl (C=O) groups excluding carboxylic acids is 1. The second kappa shape index (κ2) is 12.4. The molecular formula is C19H40IN5O5S. The zero-order chi connectivity index (χ0) is 23.2. The first-order chi connectivity index (χ1) is 13.7. The van der Waals surface area contributed by atoms with Gasteiger partial charge in [-0.1, -0.05) is 0 Å². The van der Waals surface area contributed by atoms with E-state index in [4.69, 9.17) is 9.47 Å². The normalized spacial score (nSPS) is 21.4. The summed E-state index contributed by atoms with van der Waals surface area (Å²) >= 11 is 0. The minimum absolute atomic E-state index is 0. The van der Waals surface area contributed by atoms with Gasteiger partial charge in [-0.05, 0) is 55.4 Å². The second-order valence-corrected chi connectivity index (χ2v) is 10.7. The first-order valence-electron chi connectivity index (χ1n) is 10.4. The van der Waals surface area contributed by atoms with Crippen molar-refractivity contribution in [2.24, 2.45) is 4.99 Å². The van der Waals surface area contributed by atoms with Gasteiger partial charge in [0, 0.05) is 19.6 Å². The summed E-state index contributed by atoms with van der Waals surface area (Å²) in [5.41, 5.74) is -1.43. The van der Waals surface area contributed by atoms with Crippen LogP contribution < -0.4 is 15.4 Å². The van der Waals surface area contributed by atoms with Gasteiger partial charge in [-0.3, -0.25) is 9.89 Å². The van der Waals surface area contributed by atoms with Gasteiger partial charge in [0.15, 0.2) is 5.96 Å². The average molecular weight is 578 g/mol. The standard InChI is InChI=1S/C19H39N5O5S.HI/c1-9-20-16(21-11-12-23-30(26,27)10-2)22-13-15-14(3)28-19(7,8)24(15)17(25)29-18(4,5)6;/h14-15,23H,9-13H2,1-8H3,(H2,20,21,22);1H. The van der Waals surface area contributed by atoms with Crippen LogP contribution in [-0.2, 0) is 19.5 Å². The maximum absolute atomic E-state index is 12.8. The summed E-state index contributed by atoms with van der Waals surface area (Å²) in [6.45, 7) is 16.2. The molecule has 2 unspecified atom stereocenters. The highest BCUT2D eigenvalue weighted by molar-refractivity contribution is 14.0. The van der Waals surface area contributed by atoms with Gasteiger partial charge in [-0.25, -0.2) is 17.9 Å². The summed E-state index contributed by atoms with van der Waals surface area (Å²) in [6.07, 6.45) is -0.667. The van der Waals surface area contributed by atoms with Gasteiger partial charge in [-0.2, -0.15) is 0 Å². The number of aliphatic imine (C=N–C) groups is 1. The van der Waals surface area contributed by atoms with Gasteiger partial charge in [0.2, 0.25) is 10.0 Å². The molecule has 0 radical (unpaired) electrons. The van der Waals surface area contributed by atoms with E-state index in [0.717, 1.165) is 0 Å². The first kappa shape index (κ1) is 30.1. The van der Waals surface area contributed by atoms with Gasteiger partial charge in [0.1, 0.15) is 11.3 Å². The minimum Gasteiger partial charge on any atom is -0.444 e. The SMILES string of the molecule is CCNC(=NCC1C(C)OC(C)(C)N1C(=O)OC(C)(C)C)NCCNS(=O)(=O)CC.I. The highest BCUT2D eigenvalue weighted by atomic mass is 127. The van der Waals surface area contributed by atoms with E-state index < -0.39 is 27.4 Å². The third-order valence-corrected chi connectivity index (χ3v) is 5.82. The second-order valence-electron chi connectivity index (χ2n) is 8.63. The summed E-state index contributed by atoms with van der Waals surface area (Å²) < 4.78 is 37.1. The van der Waals surface area contributed by atoms with Crippen LogP contribution in [0.1, 0.15) is 55.4 Å². The fourth-order valence-electron chi connectivity index (χ4n) is 3.11. The van der Waals surface area contributed by atoms with E-state index >= 15 is 0 Å². The van der Waals surface area contributed by atoms with E-state index in [2.05, 4.69) is 20.3 Å². The molecule has 1 amide bonds. The van der Waals surface area contributed by atoms with Crippen molar-refractivity contribution >= 4 is 46.1 Å². The Morgan fingerprint density at radius 2 is 1.81 bits per heavy atom. The maximum Gasteiger partial charge on any atom is 0.412 e. The Morgan fingerprint density at radius 3 is 2.32 bits per heavy atom. The molecule has 0 aromatic rings. The van der Waals surface area contributed by atoms with Crippen LogP contribution in [0.2, 0.25) is 0 Å². The molecule has 3 N–H and O–H groups in total. The lowest BCUT2D eigenvalue weighted by Crippen LogP contribution is -2.51. The fourth-order valence-corrected chi connectivity index (χ4v) is 3.73. The lowest BCUT2D eigenvalue weighted by Gasteiger charge is -2.34. The Balaban J connectivity index is 0.00000900.